The van der Waals surface area contributed by atoms with Crippen LogP contribution in [0.3, 0.4) is 0 Å². The van der Waals surface area contributed by atoms with Crippen LogP contribution in [0.15, 0.2) is 0 Å². The molecule has 7 nitrogen and oxygen atoms in total. The molecule has 0 aromatic heterocycles. The molecule has 0 spiro atoms. The summed E-state index contributed by atoms with van der Waals surface area (Å²) < 4.78 is 29.3. The van der Waals surface area contributed by atoms with E-state index in [0.717, 1.165) is 6.26 Å². The summed E-state index contributed by atoms with van der Waals surface area (Å²) in [6, 6.07) is -0.947. The van der Waals surface area contributed by atoms with Crippen LogP contribution in [-0.2, 0) is 19.6 Å². The third-order valence-corrected chi connectivity index (χ3v) is 4.41. The van der Waals surface area contributed by atoms with Gasteiger partial charge in [0.05, 0.1) is 18.9 Å². The van der Waals surface area contributed by atoms with Gasteiger partial charge in [-0.3, -0.25) is 4.79 Å². The molecule has 0 aliphatic carbocycles. The number of nitrogens with one attached hydrogen (secondary N) is 1. The van der Waals surface area contributed by atoms with Gasteiger partial charge in [0.15, 0.2) is 0 Å². The molecule has 1 fully saturated rings. The lowest BCUT2D eigenvalue weighted by atomic mass is 10.1. The van der Waals surface area contributed by atoms with E-state index in [4.69, 9.17) is 9.84 Å². The van der Waals surface area contributed by atoms with Crippen LogP contribution in [0.2, 0.25) is 0 Å². The number of hydrogen-bond acceptors (Lipinski definition) is 5. The number of ether oxygens (including phenoxy) is 1. The standard InChI is InChI=1S/C11H22N2O5S/c1-18-8-9(5-7-14)12-11(15)10-4-3-6-13(10)19(2,16)17/h9-10,14H,3-8H2,1-2H3,(H,12,15). The van der Waals surface area contributed by atoms with E-state index in [1.54, 1.807) is 0 Å². The molecule has 0 saturated carbocycles. The summed E-state index contributed by atoms with van der Waals surface area (Å²) in [6.45, 7) is 0.610. The second-order valence-electron chi connectivity index (χ2n) is 4.70. The number of nitrogens with zero attached hydrogens (tertiary/aromatic N) is 1. The highest BCUT2D eigenvalue weighted by molar-refractivity contribution is 7.88. The average Bonchev–Trinajstić information content (AvgIpc) is 2.78. The van der Waals surface area contributed by atoms with Crippen molar-refractivity contribution >= 4 is 15.9 Å². The highest BCUT2D eigenvalue weighted by Crippen LogP contribution is 2.20. The van der Waals surface area contributed by atoms with E-state index in [1.807, 2.05) is 0 Å². The SMILES string of the molecule is COCC(CCO)NC(=O)C1CCCN1S(C)(=O)=O. The van der Waals surface area contributed by atoms with Gasteiger partial charge in [-0.25, -0.2) is 8.42 Å². The van der Waals surface area contributed by atoms with E-state index in [2.05, 4.69) is 5.32 Å². The van der Waals surface area contributed by atoms with Crippen LogP contribution >= 0.6 is 0 Å². The van der Waals surface area contributed by atoms with Crippen LogP contribution in [0, 0.1) is 0 Å². The average molecular weight is 294 g/mol. The van der Waals surface area contributed by atoms with Crippen molar-refractivity contribution in [1.82, 2.24) is 9.62 Å². The largest absolute Gasteiger partial charge is 0.396 e. The number of sulfonamides is 1. The Kier molecular flexibility index (Phi) is 6.18. The molecule has 1 aliphatic heterocycles. The molecular formula is C11H22N2O5S. The fraction of sp³-hybridized carbons (Fsp3) is 0.909. The highest BCUT2D eigenvalue weighted by atomic mass is 32.2. The Bertz CT molecular complexity index is 392. The number of carbonyl (C=O) groups excluding carboxylic acids is 1. The van der Waals surface area contributed by atoms with Gasteiger partial charge in [0.25, 0.3) is 0 Å². The van der Waals surface area contributed by atoms with Gasteiger partial charge in [-0.2, -0.15) is 4.31 Å². The van der Waals surface area contributed by atoms with Crippen molar-refractivity contribution in [3.8, 4) is 0 Å². The Morgan fingerprint density at radius 1 is 1.58 bits per heavy atom. The first-order valence-electron chi connectivity index (χ1n) is 6.27. The highest BCUT2D eigenvalue weighted by Gasteiger charge is 2.36. The van der Waals surface area contributed by atoms with Gasteiger partial charge >= 0.3 is 0 Å². The van der Waals surface area contributed by atoms with E-state index in [1.165, 1.54) is 11.4 Å². The number of amides is 1. The molecule has 0 radical (unpaired) electrons. The third kappa shape index (κ3) is 4.72. The molecule has 0 bridgehead atoms. The molecule has 2 N–H and O–H groups in total. The molecule has 19 heavy (non-hydrogen) atoms. The quantitative estimate of drug-likeness (QED) is 0.623. The van der Waals surface area contributed by atoms with Crippen LogP contribution in [-0.4, -0.2) is 68.9 Å². The Morgan fingerprint density at radius 3 is 2.79 bits per heavy atom. The minimum Gasteiger partial charge on any atom is -0.396 e. The summed E-state index contributed by atoms with van der Waals surface area (Å²) in [6.07, 6.45) is 2.70. The fourth-order valence-corrected chi connectivity index (χ4v) is 3.37. The summed E-state index contributed by atoms with van der Waals surface area (Å²) in [5, 5.41) is 11.6. The summed E-state index contributed by atoms with van der Waals surface area (Å²) in [5.74, 6) is -0.321. The lowest BCUT2D eigenvalue weighted by molar-refractivity contribution is -0.125. The van der Waals surface area contributed by atoms with Crippen LogP contribution in [0.25, 0.3) is 0 Å². The normalized spacial score (nSPS) is 22.4. The molecule has 1 rings (SSSR count). The second kappa shape index (κ2) is 7.18. The second-order valence-corrected chi connectivity index (χ2v) is 6.64. The minimum absolute atomic E-state index is 0.0607. The van der Waals surface area contributed by atoms with Crippen molar-refractivity contribution in [3.05, 3.63) is 0 Å². The molecule has 1 heterocycles. The van der Waals surface area contributed by atoms with Crippen molar-refractivity contribution in [2.45, 2.75) is 31.3 Å². The third-order valence-electron chi connectivity index (χ3n) is 3.12. The fourth-order valence-electron chi connectivity index (χ4n) is 2.25. The van der Waals surface area contributed by atoms with Crippen molar-refractivity contribution in [3.63, 3.8) is 0 Å². The van der Waals surface area contributed by atoms with Crippen LogP contribution in [0.5, 0.6) is 0 Å². The first-order valence-corrected chi connectivity index (χ1v) is 8.12. The predicted octanol–water partition coefficient (Wildman–Crippen LogP) is -1.08. The van der Waals surface area contributed by atoms with Gasteiger partial charge in [0.1, 0.15) is 6.04 Å². The zero-order valence-corrected chi connectivity index (χ0v) is 12.1. The van der Waals surface area contributed by atoms with Crippen molar-refractivity contribution in [2.24, 2.45) is 0 Å². The van der Waals surface area contributed by atoms with Crippen molar-refractivity contribution < 1.29 is 23.1 Å². The number of aliphatic hydroxyl groups is 1. The molecule has 0 aromatic rings. The summed E-state index contributed by atoms with van der Waals surface area (Å²) in [4.78, 5) is 12.1. The van der Waals surface area contributed by atoms with Crippen LogP contribution in [0.4, 0.5) is 0 Å². The van der Waals surface area contributed by atoms with E-state index >= 15 is 0 Å². The van der Waals surface area contributed by atoms with Gasteiger partial charge in [-0.1, -0.05) is 0 Å². The maximum absolute atomic E-state index is 12.1. The van der Waals surface area contributed by atoms with Crippen LogP contribution < -0.4 is 5.32 Å². The van der Waals surface area contributed by atoms with Gasteiger partial charge in [-0.15, -0.1) is 0 Å². The lowest BCUT2D eigenvalue weighted by Crippen LogP contribution is -2.49. The van der Waals surface area contributed by atoms with E-state index in [-0.39, 0.29) is 25.2 Å². The minimum atomic E-state index is -3.37. The number of methoxy groups -OCH3 is 1. The monoisotopic (exact) mass is 294 g/mol. The topological polar surface area (TPSA) is 95.9 Å². The zero-order valence-electron chi connectivity index (χ0n) is 11.3. The molecule has 8 heteroatoms. The predicted molar refractivity (Wildman–Crippen MR) is 70.1 cm³/mol. The Labute approximate surface area is 114 Å². The molecule has 0 aromatic carbocycles. The first-order chi connectivity index (χ1) is 8.90. The van der Waals surface area contributed by atoms with E-state index < -0.39 is 16.1 Å². The number of aliphatic hydroxyl groups excluding tert-OH is 1. The van der Waals surface area contributed by atoms with Gasteiger partial charge < -0.3 is 15.2 Å². The van der Waals surface area contributed by atoms with E-state index in [0.29, 0.717) is 25.8 Å². The molecule has 112 valence electrons. The number of carbonyl (C=O) groups is 1. The zero-order chi connectivity index (χ0) is 14.5. The van der Waals surface area contributed by atoms with Crippen molar-refractivity contribution in [1.29, 1.82) is 0 Å². The maximum atomic E-state index is 12.1. The molecule has 2 unspecified atom stereocenters. The summed E-state index contributed by atoms with van der Waals surface area (Å²) in [7, 11) is -1.86. The molecule has 2 atom stereocenters. The number of hydrogen-bond donors (Lipinski definition) is 2. The molecule has 1 aliphatic rings. The van der Waals surface area contributed by atoms with Crippen molar-refractivity contribution in [2.75, 3.05) is 33.1 Å². The Morgan fingerprint density at radius 2 is 2.26 bits per heavy atom. The van der Waals surface area contributed by atoms with Gasteiger partial charge in [0, 0.05) is 20.3 Å². The summed E-state index contributed by atoms with van der Waals surface area (Å²) >= 11 is 0. The molecule has 1 amide bonds. The van der Waals surface area contributed by atoms with Gasteiger partial charge in [0.2, 0.25) is 15.9 Å². The Balaban J connectivity index is 2.65. The van der Waals surface area contributed by atoms with E-state index in [9.17, 15) is 13.2 Å². The molecular weight excluding hydrogens is 272 g/mol. The number of rotatable bonds is 7. The molecule has 1 saturated heterocycles. The smallest absolute Gasteiger partial charge is 0.238 e. The van der Waals surface area contributed by atoms with Crippen LogP contribution in [0.1, 0.15) is 19.3 Å². The van der Waals surface area contributed by atoms with Gasteiger partial charge in [-0.05, 0) is 19.3 Å². The maximum Gasteiger partial charge on any atom is 0.238 e. The first kappa shape index (κ1) is 16.4. The lowest BCUT2D eigenvalue weighted by Gasteiger charge is -2.24. The summed E-state index contributed by atoms with van der Waals surface area (Å²) in [5.41, 5.74) is 0. The Hall–Kier alpha value is -0.700.